The Hall–Kier alpha value is -2.56. The molecule has 5 heteroatoms. The van der Waals surface area contributed by atoms with Crippen LogP contribution in [0.25, 0.3) is 0 Å². The van der Waals surface area contributed by atoms with Crippen LogP contribution in [-0.2, 0) is 10.2 Å². The van der Waals surface area contributed by atoms with Gasteiger partial charge in [0.2, 0.25) is 5.91 Å². The average molecular weight is 337 g/mol. The van der Waals surface area contributed by atoms with Crippen molar-refractivity contribution in [1.29, 1.82) is 0 Å². The summed E-state index contributed by atoms with van der Waals surface area (Å²) in [6.07, 6.45) is 6.44. The molecule has 25 heavy (non-hydrogen) atoms. The number of ether oxygens (including phenoxy) is 1. The van der Waals surface area contributed by atoms with Crippen LogP contribution < -0.4 is 10.1 Å². The van der Waals surface area contributed by atoms with Crippen molar-refractivity contribution in [3.05, 3.63) is 54.4 Å². The van der Waals surface area contributed by atoms with E-state index in [1.165, 1.54) is 0 Å². The number of likely N-dealkylation sites (tertiary alicyclic amines) is 1. The van der Waals surface area contributed by atoms with Crippen LogP contribution in [0.3, 0.4) is 0 Å². The van der Waals surface area contributed by atoms with Crippen LogP contribution in [0, 0.1) is 0 Å². The highest BCUT2D eigenvalue weighted by Crippen LogP contribution is 2.50. The molecule has 0 bridgehead atoms. The minimum absolute atomic E-state index is 0.271. The summed E-state index contributed by atoms with van der Waals surface area (Å²) in [4.78, 5) is 19.3. The summed E-state index contributed by atoms with van der Waals surface area (Å²) >= 11 is 0. The Morgan fingerprint density at radius 3 is 2.72 bits per heavy atom. The molecule has 1 aromatic carbocycles. The molecule has 1 atom stereocenters. The highest BCUT2D eigenvalue weighted by atomic mass is 16.5. The lowest BCUT2D eigenvalue weighted by Crippen LogP contribution is -2.39. The Bertz CT molecular complexity index is 741. The molecule has 1 N–H and O–H groups in total. The van der Waals surface area contributed by atoms with E-state index in [2.05, 4.69) is 10.3 Å². The van der Waals surface area contributed by atoms with E-state index in [1.54, 1.807) is 13.3 Å². The third-order valence-corrected chi connectivity index (χ3v) is 5.31. The topological polar surface area (TPSA) is 54.5 Å². The van der Waals surface area contributed by atoms with Gasteiger partial charge in [-0.15, -0.1) is 0 Å². The highest BCUT2D eigenvalue weighted by Gasteiger charge is 2.53. The van der Waals surface area contributed by atoms with E-state index in [9.17, 15) is 4.79 Å². The maximum atomic E-state index is 13.1. The number of aromatic nitrogens is 1. The van der Waals surface area contributed by atoms with Gasteiger partial charge in [-0.3, -0.25) is 9.78 Å². The standard InChI is InChI=1S/C20H23N3O2/c1-25-18-6-4-15(5-7-18)20(9-10-20)19(24)23-12-8-17(14-23)22-16-3-2-11-21-13-16/h2-7,11,13,17,22H,8-10,12,14H2,1H3/t17-/m1/s1. The van der Waals surface area contributed by atoms with Crippen molar-refractivity contribution in [1.82, 2.24) is 9.88 Å². The second-order valence-electron chi connectivity index (χ2n) is 6.93. The quantitative estimate of drug-likeness (QED) is 0.911. The van der Waals surface area contributed by atoms with Gasteiger partial charge in [-0.05, 0) is 49.1 Å². The van der Waals surface area contributed by atoms with Crippen molar-refractivity contribution in [3.8, 4) is 5.75 Å². The van der Waals surface area contributed by atoms with Crippen LogP contribution in [0.5, 0.6) is 5.75 Å². The summed E-state index contributed by atoms with van der Waals surface area (Å²) in [6.45, 7) is 1.57. The number of amides is 1. The molecule has 4 rings (SSSR count). The number of hydrogen-bond donors (Lipinski definition) is 1. The number of rotatable bonds is 5. The zero-order valence-corrected chi connectivity index (χ0v) is 14.4. The molecule has 1 aromatic heterocycles. The first-order valence-corrected chi connectivity index (χ1v) is 8.82. The minimum atomic E-state index is -0.310. The number of pyridine rings is 1. The lowest BCUT2D eigenvalue weighted by atomic mass is 9.94. The average Bonchev–Trinajstić information content (AvgIpc) is 3.35. The summed E-state index contributed by atoms with van der Waals surface area (Å²) in [7, 11) is 1.66. The third-order valence-electron chi connectivity index (χ3n) is 5.31. The zero-order valence-electron chi connectivity index (χ0n) is 14.4. The van der Waals surface area contributed by atoms with Gasteiger partial charge in [-0.25, -0.2) is 0 Å². The Morgan fingerprint density at radius 2 is 2.08 bits per heavy atom. The van der Waals surface area contributed by atoms with Gasteiger partial charge in [0, 0.05) is 31.5 Å². The van der Waals surface area contributed by atoms with Gasteiger partial charge in [-0.1, -0.05) is 12.1 Å². The molecular weight excluding hydrogens is 314 g/mol. The van der Waals surface area contributed by atoms with E-state index >= 15 is 0 Å². The fourth-order valence-corrected chi connectivity index (χ4v) is 3.71. The molecule has 1 aliphatic carbocycles. The molecule has 2 aliphatic rings. The molecule has 1 saturated heterocycles. The Kier molecular flexibility index (Phi) is 4.07. The summed E-state index contributed by atoms with van der Waals surface area (Å²) < 4.78 is 5.22. The first-order valence-electron chi connectivity index (χ1n) is 8.82. The van der Waals surface area contributed by atoms with E-state index in [-0.39, 0.29) is 11.3 Å². The summed E-state index contributed by atoms with van der Waals surface area (Å²) in [5.41, 5.74) is 1.81. The molecule has 0 radical (unpaired) electrons. The van der Waals surface area contributed by atoms with Gasteiger partial charge in [0.25, 0.3) is 0 Å². The fraction of sp³-hybridized carbons (Fsp3) is 0.400. The SMILES string of the molecule is COc1ccc(C2(C(=O)N3CC[C@@H](Nc4cccnc4)C3)CC2)cc1. The van der Waals surface area contributed by atoms with E-state index in [0.717, 1.165) is 49.4 Å². The second kappa shape index (κ2) is 6.39. The normalized spacial score (nSPS) is 21.0. The summed E-state index contributed by atoms with van der Waals surface area (Å²) in [6, 6.07) is 12.2. The number of nitrogens with zero attached hydrogens (tertiary/aromatic N) is 2. The summed E-state index contributed by atoms with van der Waals surface area (Å²) in [5.74, 6) is 1.10. The van der Waals surface area contributed by atoms with Crippen LogP contribution in [0.4, 0.5) is 5.69 Å². The molecular formula is C20H23N3O2. The van der Waals surface area contributed by atoms with Gasteiger partial charge in [0.1, 0.15) is 5.75 Å². The monoisotopic (exact) mass is 337 g/mol. The number of benzene rings is 1. The van der Waals surface area contributed by atoms with Gasteiger partial charge < -0.3 is 15.0 Å². The Morgan fingerprint density at radius 1 is 1.28 bits per heavy atom. The first kappa shape index (κ1) is 15.9. The van der Waals surface area contributed by atoms with Crippen LogP contribution in [-0.4, -0.2) is 42.0 Å². The predicted molar refractivity (Wildman–Crippen MR) is 96.8 cm³/mol. The molecule has 2 aromatic rings. The minimum Gasteiger partial charge on any atom is -0.497 e. The van der Waals surface area contributed by atoms with Gasteiger partial charge in [0.15, 0.2) is 0 Å². The molecule has 1 aliphatic heterocycles. The lowest BCUT2D eigenvalue weighted by Gasteiger charge is -2.24. The van der Waals surface area contributed by atoms with E-state index in [1.807, 2.05) is 47.5 Å². The molecule has 0 spiro atoms. The molecule has 1 amide bonds. The van der Waals surface area contributed by atoms with Crippen molar-refractivity contribution in [2.24, 2.45) is 0 Å². The molecule has 0 unspecified atom stereocenters. The number of hydrogen-bond acceptors (Lipinski definition) is 4. The van der Waals surface area contributed by atoms with Crippen LogP contribution in [0.1, 0.15) is 24.8 Å². The predicted octanol–water partition coefficient (Wildman–Crippen LogP) is 2.83. The van der Waals surface area contributed by atoms with Crippen molar-refractivity contribution < 1.29 is 9.53 Å². The highest BCUT2D eigenvalue weighted by molar-refractivity contribution is 5.91. The number of anilines is 1. The Balaban J connectivity index is 1.42. The smallest absolute Gasteiger partial charge is 0.233 e. The molecule has 5 nitrogen and oxygen atoms in total. The first-order chi connectivity index (χ1) is 12.2. The second-order valence-corrected chi connectivity index (χ2v) is 6.93. The number of nitrogens with one attached hydrogen (secondary N) is 1. The van der Waals surface area contributed by atoms with E-state index in [0.29, 0.717) is 6.04 Å². The maximum absolute atomic E-state index is 13.1. The van der Waals surface area contributed by atoms with Crippen LogP contribution >= 0.6 is 0 Å². The third kappa shape index (κ3) is 3.06. The number of carbonyl (C=O) groups excluding carboxylic acids is 1. The zero-order chi connectivity index (χ0) is 17.3. The van der Waals surface area contributed by atoms with Crippen molar-refractivity contribution >= 4 is 11.6 Å². The van der Waals surface area contributed by atoms with Crippen LogP contribution in [0.15, 0.2) is 48.8 Å². The molecule has 1 saturated carbocycles. The van der Waals surface area contributed by atoms with Crippen LogP contribution in [0.2, 0.25) is 0 Å². The van der Waals surface area contributed by atoms with E-state index in [4.69, 9.17) is 4.74 Å². The molecule has 2 fully saturated rings. The van der Waals surface area contributed by atoms with Crippen molar-refractivity contribution in [3.63, 3.8) is 0 Å². The van der Waals surface area contributed by atoms with Crippen molar-refractivity contribution in [2.75, 3.05) is 25.5 Å². The number of carbonyl (C=O) groups is 1. The lowest BCUT2D eigenvalue weighted by molar-refractivity contribution is -0.132. The van der Waals surface area contributed by atoms with Gasteiger partial charge in [-0.2, -0.15) is 0 Å². The molecule has 2 heterocycles. The van der Waals surface area contributed by atoms with Gasteiger partial charge in [0.05, 0.1) is 18.2 Å². The van der Waals surface area contributed by atoms with Crippen molar-refractivity contribution in [2.45, 2.75) is 30.7 Å². The largest absolute Gasteiger partial charge is 0.497 e. The summed E-state index contributed by atoms with van der Waals surface area (Å²) in [5, 5.41) is 3.48. The molecule has 130 valence electrons. The maximum Gasteiger partial charge on any atom is 0.233 e. The fourth-order valence-electron chi connectivity index (χ4n) is 3.71. The van der Waals surface area contributed by atoms with Gasteiger partial charge >= 0.3 is 0 Å². The van der Waals surface area contributed by atoms with E-state index < -0.39 is 0 Å². The number of methoxy groups -OCH3 is 1. The Labute approximate surface area is 148 Å².